The monoisotopic (exact) mass is 152 g/mol. The van der Waals surface area contributed by atoms with E-state index in [9.17, 15) is 0 Å². The second-order valence-electron chi connectivity index (χ2n) is 1.35. The quantitative estimate of drug-likeness (QED) is 0.377. The standard InChI is InChI=1S/C4H8O2.Zn/c1-2-4-6-5-3-1;/h1-4H2;. The first kappa shape index (κ1) is 7.54. The van der Waals surface area contributed by atoms with E-state index < -0.39 is 0 Å². The van der Waals surface area contributed by atoms with Gasteiger partial charge in [0, 0.05) is 19.5 Å². The average Bonchev–Trinajstić information content (AvgIpc) is 1.72. The third-order valence-electron chi connectivity index (χ3n) is 0.789. The minimum absolute atomic E-state index is 0. The van der Waals surface area contributed by atoms with Gasteiger partial charge in [0.25, 0.3) is 0 Å². The number of rotatable bonds is 0. The zero-order valence-corrected chi connectivity index (χ0v) is 7.32. The van der Waals surface area contributed by atoms with Crippen molar-refractivity contribution in [1.29, 1.82) is 0 Å². The summed E-state index contributed by atoms with van der Waals surface area (Å²) in [6, 6.07) is 0. The maximum atomic E-state index is 4.57. The molecule has 1 heterocycles. The Balaban J connectivity index is 0.000000360. The van der Waals surface area contributed by atoms with Crippen LogP contribution in [-0.2, 0) is 29.3 Å². The normalized spacial score (nSPS) is 20.6. The van der Waals surface area contributed by atoms with Crippen LogP contribution in [0, 0.1) is 0 Å². The fraction of sp³-hybridized carbons (Fsp3) is 1.00. The Morgan fingerprint density at radius 1 is 0.857 bits per heavy atom. The maximum absolute atomic E-state index is 4.57. The van der Waals surface area contributed by atoms with Gasteiger partial charge in [-0.15, -0.1) is 0 Å². The van der Waals surface area contributed by atoms with E-state index in [1.807, 2.05) is 0 Å². The predicted molar refractivity (Wildman–Crippen MR) is 21.1 cm³/mol. The Morgan fingerprint density at radius 2 is 1.29 bits per heavy atom. The zero-order valence-electron chi connectivity index (χ0n) is 4.35. The molecule has 0 atom stereocenters. The second kappa shape index (κ2) is 4.70. The van der Waals surface area contributed by atoms with Gasteiger partial charge in [-0.1, -0.05) is 0 Å². The Kier molecular flexibility index (Phi) is 5.06. The molecular weight excluding hydrogens is 145 g/mol. The minimum Gasteiger partial charge on any atom is -0.237 e. The maximum Gasteiger partial charge on any atom is 0.0823 e. The van der Waals surface area contributed by atoms with Crippen molar-refractivity contribution in [2.45, 2.75) is 12.8 Å². The van der Waals surface area contributed by atoms with Crippen LogP contribution in [0.15, 0.2) is 0 Å². The van der Waals surface area contributed by atoms with Crippen LogP contribution >= 0.6 is 0 Å². The summed E-state index contributed by atoms with van der Waals surface area (Å²) in [6.45, 7) is 1.56. The van der Waals surface area contributed by atoms with Gasteiger partial charge in [0.1, 0.15) is 0 Å². The van der Waals surface area contributed by atoms with Crippen molar-refractivity contribution in [1.82, 2.24) is 0 Å². The van der Waals surface area contributed by atoms with Crippen LogP contribution in [0.4, 0.5) is 0 Å². The molecule has 0 amide bonds. The van der Waals surface area contributed by atoms with E-state index in [-0.39, 0.29) is 19.5 Å². The first-order valence-electron chi connectivity index (χ1n) is 2.24. The van der Waals surface area contributed by atoms with Crippen LogP contribution in [0.5, 0.6) is 0 Å². The zero-order chi connectivity index (χ0) is 4.24. The van der Waals surface area contributed by atoms with Crippen molar-refractivity contribution in [3.63, 3.8) is 0 Å². The molecule has 1 saturated heterocycles. The van der Waals surface area contributed by atoms with E-state index in [1.54, 1.807) is 0 Å². The molecule has 0 spiro atoms. The molecule has 1 fully saturated rings. The van der Waals surface area contributed by atoms with Gasteiger partial charge in [-0.2, -0.15) is 0 Å². The molecule has 7 heavy (non-hydrogen) atoms. The van der Waals surface area contributed by atoms with E-state index in [4.69, 9.17) is 0 Å². The molecule has 0 saturated carbocycles. The van der Waals surface area contributed by atoms with Crippen molar-refractivity contribution >= 4 is 0 Å². The Morgan fingerprint density at radius 3 is 1.43 bits per heavy atom. The van der Waals surface area contributed by atoms with Crippen LogP contribution < -0.4 is 0 Å². The Hall–Kier alpha value is 0.543. The van der Waals surface area contributed by atoms with Gasteiger partial charge < -0.3 is 0 Å². The van der Waals surface area contributed by atoms with Gasteiger partial charge in [-0.25, -0.2) is 9.78 Å². The van der Waals surface area contributed by atoms with E-state index in [0.717, 1.165) is 26.1 Å². The molecule has 1 aliphatic heterocycles. The number of hydrogen-bond acceptors (Lipinski definition) is 2. The summed E-state index contributed by atoms with van der Waals surface area (Å²) in [5.41, 5.74) is 0. The molecule has 0 unspecified atom stereocenters. The third-order valence-corrected chi connectivity index (χ3v) is 0.789. The first-order chi connectivity index (χ1) is 3.00. The summed E-state index contributed by atoms with van der Waals surface area (Å²) in [6.07, 6.45) is 2.31. The van der Waals surface area contributed by atoms with E-state index >= 15 is 0 Å². The fourth-order valence-electron chi connectivity index (χ4n) is 0.440. The minimum atomic E-state index is 0. The molecule has 2 nitrogen and oxygen atoms in total. The van der Waals surface area contributed by atoms with Crippen molar-refractivity contribution in [2.75, 3.05) is 13.2 Å². The third kappa shape index (κ3) is 3.15. The summed E-state index contributed by atoms with van der Waals surface area (Å²) < 4.78 is 0. The van der Waals surface area contributed by atoms with Gasteiger partial charge >= 0.3 is 0 Å². The molecule has 0 aliphatic carbocycles. The molecule has 3 heteroatoms. The molecule has 1 aliphatic rings. The Bertz CT molecular complexity index is 25.2. The van der Waals surface area contributed by atoms with Crippen molar-refractivity contribution in [3.05, 3.63) is 0 Å². The van der Waals surface area contributed by atoms with Crippen molar-refractivity contribution in [2.24, 2.45) is 0 Å². The summed E-state index contributed by atoms with van der Waals surface area (Å²) in [5, 5.41) is 0. The van der Waals surface area contributed by atoms with Crippen molar-refractivity contribution in [3.8, 4) is 0 Å². The largest absolute Gasteiger partial charge is 0.237 e. The summed E-state index contributed by atoms with van der Waals surface area (Å²) in [5.74, 6) is 0. The van der Waals surface area contributed by atoms with Crippen LogP contribution in [0.1, 0.15) is 12.8 Å². The average molecular weight is 153 g/mol. The molecule has 0 aromatic rings. The summed E-state index contributed by atoms with van der Waals surface area (Å²) >= 11 is 0. The van der Waals surface area contributed by atoms with Gasteiger partial charge in [0.15, 0.2) is 0 Å². The molecule has 38 valence electrons. The molecule has 0 aromatic carbocycles. The van der Waals surface area contributed by atoms with Crippen molar-refractivity contribution < 1.29 is 29.3 Å². The molecule has 0 bridgehead atoms. The molecule has 0 radical (unpaired) electrons. The van der Waals surface area contributed by atoms with Gasteiger partial charge in [0.2, 0.25) is 0 Å². The van der Waals surface area contributed by atoms with Gasteiger partial charge in [-0.3, -0.25) is 0 Å². The SMILES string of the molecule is C1CCOOC1.[Zn]. The smallest absolute Gasteiger partial charge is 0.0823 e. The molecular formula is C4H8O2Zn. The number of hydrogen-bond donors (Lipinski definition) is 0. The van der Waals surface area contributed by atoms with E-state index in [1.165, 1.54) is 0 Å². The summed E-state index contributed by atoms with van der Waals surface area (Å²) in [7, 11) is 0. The predicted octanol–water partition coefficient (Wildman–Crippen LogP) is 0.726. The molecule has 0 aromatic heterocycles. The van der Waals surface area contributed by atoms with Gasteiger partial charge in [-0.05, 0) is 12.8 Å². The summed E-state index contributed by atoms with van der Waals surface area (Å²) in [4.78, 5) is 9.14. The van der Waals surface area contributed by atoms with E-state index in [0.29, 0.717) is 0 Å². The second-order valence-corrected chi connectivity index (χ2v) is 1.35. The first-order valence-corrected chi connectivity index (χ1v) is 2.24. The van der Waals surface area contributed by atoms with Gasteiger partial charge in [0.05, 0.1) is 13.2 Å². The fourth-order valence-corrected chi connectivity index (χ4v) is 0.440. The van der Waals surface area contributed by atoms with E-state index in [2.05, 4.69) is 9.78 Å². The Labute approximate surface area is 55.9 Å². The van der Waals surface area contributed by atoms with Crippen LogP contribution in [0.3, 0.4) is 0 Å². The molecule has 0 N–H and O–H groups in total. The molecule has 1 rings (SSSR count). The van der Waals surface area contributed by atoms with Crippen LogP contribution in [-0.4, -0.2) is 13.2 Å². The topological polar surface area (TPSA) is 18.5 Å². The van der Waals surface area contributed by atoms with Crippen LogP contribution in [0.25, 0.3) is 0 Å². The van der Waals surface area contributed by atoms with Crippen LogP contribution in [0.2, 0.25) is 0 Å².